The van der Waals surface area contributed by atoms with Crippen molar-refractivity contribution < 1.29 is 17.9 Å². The zero-order valence-corrected chi connectivity index (χ0v) is 10.5. The van der Waals surface area contributed by atoms with Crippen molar-refractivity contribution in [1.82, 2.24) is 0 Å². The lowest BCUT2D eigenvalue weighted by Crippen LogP contribution is -2.44. The van der Waals surface area contributed by atoms with Crippen LogP contribution in [-0.2, 0) is 4.74 Å². The molecular weight excluding hydrogens is 231 g/mol. The summed E-state index contributed by atoms with van der Waals surface area (Å²) in [6.07, 6.45) is -2.16. The van der Waals surface area contributed by atoms with Crippen molar-refractivity contribution in [3.8, 4) is 0 Å². The summed E-state index contributed by atoms with van der Waals surface area (Å²) >= 11 is 0. The highest BCUT2D eigenvalue weighted by Crippen LogP contribution is 2.36. The summed E-state index contributed by atoms with van der Waals surface area (Å²) in [5.41, 5.74) is 6.11. The zero-order valence-electron chi connectivity index (χ0n) is 10.5. The van der Waals surface area contributed by atoms with E-state index in [2.05, 4.69) is 13.8 Å². The van der Waals surface area contributed by atoms with Gasteiger partial charge in [0.1, 0.15) is 0 Å². The van der Waals surface area contributed by atoms with Crippen molar-refractivity contribution in [2.24, 2.45) is 11.1 Å². The molecule has 0 saturated heterocycles. The number of hydrogen-bond acceptors (Lipinski definition) is 2. The van der Waals surface area contributed by atoms with Gasteiger partial charge in [-0.1, -0.05) is 13.8 Å². The van der Waals surface area contributed by atoms with Gasteiger partial charge in [0.15, 0.2) is 0 Å². The molecule has 2 N–H and O–H groups in total. The van der Waals surface area contributed by atoms with Crippen molar-refractivity contribution in [3.63, 3.8) is 0 Å². The van der Waals surface area contributed by atoms with Crippen LogP contribution in [0.25, 0.3) is 0 Å². The zero-order chi connectivity index (χ0) is 13.1. The SMILES string of the molecule is CC1(C)CCC(N)C(OCCCC(F)(F)F)C1. The quantitative estimate of drug-likeness (QED) is 0.780. The number of nitrogens with two attached hydrogens (primary N) is 1. The Labute approximate surface area is 101 Å². The largest absolute Gasteiger partial charge is 0.389 e. The number of rotatable bonds is 4. The van der Waals surface area contributed by atoms with Crippen molar-refractivity contribution in [2.45, 2.75) is 64.3 Å². The maximum absolute atomic E-state index is 11.9. The molecule has 102 valence electrons. The van der Waals surface area contributed by atoms with Gasteiger partial charge in [0.25, 0.3) is 0 Å². The van der Waals surface area contributed by atoms with Gasteiger partial charge < -0.3 is 10.5 Å². The molecule has 1 fully saturated rings. The predicted molar refractivity (Wildman–Crippen MR) is 60.6 cm³/mol. The van der Waals surface area contributed by atoms with E-state index in [-0.39, 0.29) is 30.6 Å². The molecule has 17 heavy (non-hydrogen) atoms. The minimum atomic E-state index is -4.09. The van der Waals surface area contributed by atoms with Gasteiger partial charge in [-0.3, -0.25) is 0 Å². The summed E-state index contributed by atoms with van der Waals surface area (Å²) in [5.74, 6) is 0. The maximum atomic E-state index is 11.9. The summed E-state index contributed by atoms with van der Waals surface area (Å²) in [6, 6.07) is -0.0334. The predicted octanol–water partition coefficient (Wildman–Crippen LogP) is 3.25. The molecule has 0 aliphatic heterocycles. The van der Waals surface area contributed by atoms with Crippen LogP contribution in [0.15, 0.2) is 0 Å². The van der Waals surface area contributed by atoms with Gasteiger partial charge in [0.05, 0.1) is 6.10 Å². The van der Waals surface area contributed by atoms with E-state index in [0.717, 1.165) is 19.3 Å². The molecule has 0 spiro atoms. The number of ether oxygens (including phenoxy) is 1. The minimum absolute atomic E-state index is 0.0210. The first-order valence-electron chi connectivity index (χ1n) is 6.14. The van der Waals surface area contributed by atoms with Crippen molar-refractivity contribution in [3.05, 3.63) is 0 Å². The lowest BCUT2D eigenvalue weighted by atomic mass is 9.74. The second-order valence-electron chi connectivity index (χ2n) is 5.70. The first kappa shape index (κ1) is 14.8. The summed E-state index contributed by atoms with van der Waals surface area (Å²) in [6.45, 7) is 4.43. The van der Waals surface area contributed by atoms with Crippen LogP contribution < -0.4 is 5.73 Å². The average Bonchev–Trinajstić information content (AvgIpc) is 2.16. The smallest absolute Gasteiger partial charge is 0.377 e. The van der Waals surface area contributed by atoms with Crippen LogP contribution in [0, 0.1) is 5.41 Å². The van der Waals surface area contributed by atoms with Crippen LogP contribution in [-0.4, -0.2) is 24.9 Å². The highest BCUT2D eigenvalue weighted by molar-refractivity contribution is 4.87. The van der Waals surface area contributed by atoms with Gasteiger partial charge in [0, 0.05) is 19.1 Å². The van der Waals surface area contributed by atoms with E-state index in [4.69, 9.17) is 10.5 Å². The number of halogens is 3. The fourth-order valence-electron chi connectivity index (χ4n) is 2.23. The van der Waals surface area contributed by atoms with Crippen LogP contribution in [0.5, 0.6) is 0 Å². The molecule has 1 saturated carbocycles. The lowest BCUT2D eigenvalue weighted by Gasteiger charge is -2.39. The normalized spacial score (nSPS) is 29.3. The van der Waals surface area contributed by atoms with E-state index < -0.39 is 12.6 Å². The molecule has 1 aliphatic carbocycles. The van der Waals surface area contributed by atoms with Crippen LogP contribution in [0.4, 0.5) is 13.2 Å². The molecule has 5 heteroatoms. The van der Waals surface area contributed by atoms with E-state index >= 15 is 0 Å². The topological polar surface area (TPSA) is 35.2 Å². The Morgan fingerprint density at radius 2 is 2.00 bits per heavy atom. The standard InChI is InChI=1S/C12H22F3NO/c1-11(2)6-4-9(16)10(8-11)17-7-3-5-12(13,14)15/h9-10H,3-8,16H2,1-2H3. The Hall–Kier alpha value is -0.290. The molecular formula is C12H22F3NO. The summed E-state index contributed by atoms with van der Waals surface area (Å²) in [4.78, 5) is 0. The Morgan fingerprint density at radius 3 is 2.59 bits per heavy atom. The second kappa shape index (κ2) is 5.57. The van der Waals surface area contributed by atoms with Crippen molar-refractivity contribution in [1.29, 1.82) is 0 Å². The Kier molecular flexibility index (Phi) is 4.84. The number of hydrogen-bond donors (Lipinski definition) is 1. The molecule has 1 rings (SSSR count). The van der Waals surface area contributed by atoms with Crippen molar-refractivity contribution in [2.75, 3.05) is 6.61 Å². The van der Waals surface area contributed by atoms with Crippen LogP contribution in [0.1, 0.15) is 46.0 Å². The summed E-state index contributed by atoms with van der Waals surface area (Å²) < 4.78 is 41.3. The number of alkyl halides is 3. The highest BCUT2D eigenvalue weighted by atomic mass is 19.4. The Balaban J connectivity index is 2.26. The van der Waals surface area contributed by atoms with E-state index in [0.29, 0.717) is 0 Å². The Bertz CT molecular complexity index is 240. The van der Waals surface area contributed by atoms with Gasteiger partial charge >= 0.3 is 6.18 Å². The molecule has 2 atom stereocenters. The fraction of sp³-hybridized carbons (Fsp3) is 1.00. The third-order valence-corrected chi connectivity index (χ3v) is 3.32. The van der Waals surface area contributed by atoms with Crippen LogP contribution in [0.3, 0.4) is 0 Å². The first-order chi connectivity index (χ1) is 7.70. The summed E-state index contributed by atoms with van der Waals surface area (Å²) in [7, 11) is 0. The van der Waals surface area contributed by atoms with E-state index in [1.807, 2.05) is 0 Å². The van der Waals surface area contributed by atoms with Gasteiger partial charge in [0.2, 0.25) is 0 Å². The van der Waals surface area contributed by atoms with Gasteiger partial charge in [-0.2, -0.15) is 13.2 Å². The third-order valence-electron chi connectivity index (χ3n) is 3.32. The molecule has 0 radical (unpaired) electrons. The van der Waals surface area contributed by atoms with E-state index in [9.17, 15) is 13.2 Å². The Morgan fingerprint density at radius 1 is 1.35 bits per heavy atom. The van der Waals surface area contributed by atoms with Crippen LogP contribution >= 0.6 is 0 Å². The molecule has 0 aromatic heterocycles. The molecule has 2 unspecified atom stereocenters. The summed E-state index contributed by atoms with van der Waals surface area (Å²) in [5, 5.41) is 0. The molecule has 0 aromatic rings. The van der Waals surface area contributed by atoms with E-state index in [1.165, 1.54) is 0 Å². The molecule has 2 nitrogen and oxygen atoms in total. The monoisotopic (exact) mass is 253 g/mol. The van der Waals surface area contributed by atoms with Crippen molar-refractivity contribution >= 4 is 0 Å². The second-order valence-corrected chi connectivity index (χ2v) is 5.70. The lowest BCUT2D eigenvalue weighted by molar-refractivity contribution is -0.140. The molecule has 0 amide bonds. The fourth-order valence-corrected chi connectivity index (χ4v) is 2.23. The minimum Gasteiger partial charge on any atom is -0.377 e. The first-order valence-corrected chi connectivity index (χ1v) is 6.14. The maximum Gasteiger partial charge on any atom is 0.389 e. The highest BCUT2D eigenvalue weighted by Gasteiger charge is 2.34. The van der Waals surface area contributed by atoms with Gasteiger partial charge in [-0.25, -0.2) is 0 Å². The van der Waals surface area contributed by atoms with Gasteiger partial charge in [-0.05, 0) is 31.1 Å². The van der Waals surface area contributed by atoms with Crippen LogP contribution in [0.2, 0.25) is 0 Å². The van der Waals surface area contributed by atoms with E-state index in [1.54, 1.807) is 0 Å². The molecule has 0 aromatic carbocycles. The molecule has 0 bridgehead atoms. The molecule has 1 aliphatic rings. The van der Waals surface area contributed by atoms with Gasteiger partial charge in [-0.15, -0.1) is 0 Å². The molecule has 0 heterocycles. The average molecular weight is 253 g/mol. The third kappa shape index (κ3) is 5.73.